The first-order valence-electron chi connectivity index (χ1n) is 8.78. The topological polar surface area (TPSA) is 106 Å². The fourth-order valence-electron chi connectivity index (χ4n) is 3.11. The van der Waals surface area contributed by atoms with Gasteiger partial charge in [-0.2, -0.15) is 0 Å². The maximum atomic E-state index is 12.7. The molecule has 2 aromatic heterocycles. The number of nitrogens with one attached hydrogen (secondary N) is 1. The molecule has 0 fully saturated rings. The van der Waals surface area contributed by atoms with Crippen molar-refractivity contribution >= 4 is 17.4 Å². The number of carbonyl (C=O) groups excluding carboxylic acids is 1. The lowest BCUT2D eigenvalue weighted by Crippen LogP contribution is -2.30. The molecule has 3 aromatic rings. The van der Waals surface area contributed by atoms with Crippen LogP contribution in [0.15, 0.2) is 48.7 Å². The monoisotopic (exact) mass is 378 g/mol. The molecule has 1 aromatic carbocycles. The standard InChI is InChI=1S/C19H18N6O3/c1-23-9-10-24-11-15(20-17(24)12-23)19(26)22-18-16(25(27)28)8-7-14(21-18)13-5-3-2-4-6-13/h2-8,11H,9-10,12H2,1H3,(H,21,22,26). The number of rotatable bonds is 4. The number of amides is 1. The van der Waals surface area contributed by atoms with Gasteiger partial charge in [-0.15, -0.1) is 0 Å². The molecular weight excluding hydrogens is 360 g/mol. The summed E-state index contributed by atoms with van der Waals surface area (Å²) in [5.41, 5.74) is 1.28. The molecule has 0 atom stereocenters. The van der Waals surface area contributed by atoms with Crippen molar-refractivity contribution in [2.45, 2.75) is 13.1 Å². The number of hydrogen-bond acceptors (Lipinski definition) is 6. The Labute approximate surface area is 160 Å². The number of likely N-dealkylation sites (N-methyl/N-ethyl adjacent to an activating group) is 1. The Morgan fingerprint density at radius 1 is 1.14 bits per heavy atom. The molecular formula is C19H18N6O3. The van der Waals surface area contributed by atoms with Gasteiger partial charge in [0, 0.05) is 30.9 Å². The van der Waals surface area contributed by atoms with Crippen LogP contribution in [0, 0.1) is 10.1 Å². The highest BCUT2D eigenvalue weighted by Gasteiger charge is 2.23. The van der Waals surface area contributed by atoms with Crippen molar-refractivity contribution in [1.29, 1.82) is 0 Å². The van der Waals surface area contributed by atoms with Gasteiger partial charge in [0.2, 0.25) is 5.82 Å². The predicted octanol–water partition coefficient (Wildman–Crippen LogP) is 2.55. The fraction of sp³-hybridized carbons (Fsp3) is 0.211. The minimum Gasteiger partial charge on any atom is -0.332 e. The molecule has 1 aliphatic rings. The van der Waals surface area contributed by atoms with Gasteiger partial charge < -0.3 is 4.57 Å². The highest BCUT2D eigenvalue weighted by Crippen LogP contribution is 2.27. The summed E-state index contributed by atoms with van der Waals surface area (Å²) in [4.78, 5) is 34.3. The van der Waals surface area contributed by atoms with Crippen molar-refractivity contribution in [3.63, 3.8) is 0 Å². The van der Waals surface area contributed by atoms with E-state index < -0.39 is 10.8 Å². The van der Waals surface area contributed by atoms with Gasteiger partial charge in [0.15, 0.2) is 0 Å². The van der Waals surface area contributed by atoms with Crippen LogP contribution in [-0.2, 0) is 13.1 Å². The summed E-state index contributed by atoms with van der Waals surface area (Å²) in [5.74, 6) is 0.171. The van der Waals surface area contributed by atoms with Crippen LogP contribution < -0.4 is 5.32 Å². The average Bonchev–Trinajstić information content (AvgIpc) is 3.12. The maximum Gasteiger partial charge on any atom is 0.311 e. The minimum atomic E-state index is -0.565. The van der Waals surface area contributed by atoms with Gasteiger partial charge in [-0.3, -0.25) is 25.1 Å². The minimum absolute atomic E-state index is 0.0977. The van der Waals surface area contributed by atoms with Gasteiger partial charge in [0.05, 0.1) is 17.2 Å². The Morgan fingerprint density at radius 3 is 2.68 bits per heavy atom. The molecule has 0 bridgehead atoms. The van der Waals surface area contributed by atoms with E-state index in [-0.39, 0.29) is 17.2 Å². The van der Waals surface area contributed by atoms with Crippen LogP contribution in [0.3, 0.4) is 0 Å². The van der Waals surface area contributed by atoms with Crippen molar-refractivity contribution in [3.8, 4) is 11.3 Å². The molecule has 1 N–H and O–H groups in total. The number of aromatic nitrogens is 3. The number of nitro groups is 1. The van der Waals surface area contributed by atoms with Crippen LogP contribution in [0.4, 0.5) is 11.5 Å². The average molecular weight is 378 g/mol. The lowest BCUT2D eigenvalue weighted by atomic mass is 10.1. The van der Waals surface area contributed by atoms with Crippen LogP contribution in [0.5, 0.6) is 0 Å². The van der Waals surface area contributed by atoms with Gasteiger partial charge in [0.1, 0.15) is 11.5 Å². The second kappa shape index (κ2) is 7.20. The molecule has 4 rings (SSSR count). The molecule has 1 amide bonds. The van der Waals surface area contributed by atoms with Crippen LogP contribution in [0.1, 0.15) is 16.3 Å². The number of hydrogen-bond donors (Lipinski definition) is 1. The van der Waals surface area contributed by atoms with Crippen molar-refractivity contribution < 1.29 is 9.72 Å². The molecule has 0 aliphatic carbocycles. The van der Waals surface area contributed by atoms with Crippen molar-refractivity contribution in [1.82, 2.24) is 19.4 Å². The molecule has 9 heteroatoms. The summed E-state index contributed by atoms with van der Waals surface area (Å²) in [6.07, 6.45) is 1.67. The van der Waals surface area contributed by atoms with Gasteiger partial charge in [-0.05, 0) is 13.1 Å². The van der Waals surface area contributed by atoms with E-state index in [0.717, 1.165) is 24.5 Å². The molecule has 1 aliphatic heterocycles. The molecule has 28 heavy (non-hydrogen) atoms. The number of nitrogens with zero attached hydrogens (tertiary/aromatic N) is 5. The first-order valence-corrected chi connectivity index (χ1v) is 8.78. The first kappa shape index (κ1) is 17.8. The van der Waals surface area contributed by atoms with Gasteiger partial charge in [0.25, 0.3) is 5.91 Å². The fourth-order valence-corrected chi connectivity index (χ4v) is 3.11. The van der Waals surface area contributed by atoms with E-state index in [4.69, 9.17) is 0 Å². The van der Waals surface area contributed by atoms with Crippen LogP contribution in [-0.4, -0.2) is 43.9 Å². The van der Waals surface area contributed by atoms with Crippen LogP contribution in [0.25, 0.3) is 11.3 Å². The Hall–Kier alpha value is -3.59. The Balaban J connectivity index is 1.64. The molecule has 0 saturated carbocycles. The smallest absolute Gasteiger partial charge is 0.311 e. The van der Waals surface area contributed by atoms with E-state index in [2.05, 4.69) is 20.2 Å². The summed E-state index contributed by atoms with van der Waals surface area (Å²) in [6.45, 7) is 2.26. The largest absolute Gasteiger partial charge is 0.332 e. The zero-order chi connectivity index (χ0) is 19.7. The van der Waals surface area contributed by atoms with Gasteiger partial charge >= 0.3 is 5.69 Å². The SMILES string of the molecule is CN1CCn2cc(C(=O)Nc3nc(-c4ccccc4)ccc3[N+](=O)[O-])nc2C1. The van der Waals surface area contributed by atoms with E-state index in [0.29, 0.717) is 12.2 Å². The second-order valence-corrected chi connectivity index (χ2v) is 6.62. The molecule has 0 spiro atoms. The maximum absolute atomic E-state index is 12.7. The van der Waals surface area contributed by atoms with Crippen LogP contribution >= 0.6 is 0 Å². The molecule has 142 valence electrons. The van der Waals surface area contributed by atoms with E-state index in [1.54, 1.807) is 12.3 Å². The summed E-state index contributed by atoms with van der Waals surface area (Å²) < 4.78 is 1.93. The lowest BCUT2D eigenvalue weighted by molar-refractivity contribution is -0.384. The number of carbonyl (C=O) groups is 1. The third-order valence-corrected chi connectivity index (χ3v) is 4.60. The first-order chi connectivity index (χ1) is 13.5. The van der Waals surface area contributed by atoms with E-state index in [9.17, 15) is 14.9 Å². The molecule has 9 nitrogen and oxygen atoms in total. The highest BCUT2D eigenvalue weighted by molar-refractivity contribution is 6.03. The molecule has 0 unspecified atom stereocenters. The normalized spacial score (nSPS) is 13.8. The summed E-state index contributed by atoms with van der Waals surface area (Å²) in [6, 6.07) is 12.2. The van der Waals surface area contributed by atoms with E-state index >= 15 is 0 Å². The highest BCUT2D eigenvalue weighted by atomic mass is 16.6. The Bertz CT molecular complexity index is 1050. The molecule has 0 radical (unpaired) electrons. The Morgan fingerprint density at radius 2 is 1.93 bits per heavy atom. The lowest BCUT2D eigenvalue weighted by Gasteiger charge is -2.22. The van der Waals surface area contributed by atoms with E-state index in [1.165, 1.54) is 6.07 Å². The number of pyridine rings is 1. The summed E-state index contributed by atoms with van der Waals surface area (Å²) in [5, 5.41) is 13.9. The number of fused-ring (bicyclic) bond motifs is 1. The second-order valence-electron chi connectivity index (χ2n) is 6.62. The quantitative estimate of drug-likeness (QED) is 0.552. The van der Waals surface area contributed by atoms with Gasteiger partial charge in [-0.1, -0.05) is 30.3 Å². The third kappa shape index (κ3) is 3.47. The third-order valence-electron chi connectivity index (χ3n) is 4.60. The Kier molecular flexibility index (Phi) is 4.58. The van der Waals surface area contributed by atoms with Crippen molar-refractivity contribution in [2.24, 2.45) is 0 Å². The van der Waals surface area contributed by atoms with Gasteiger partial charge in [-0.25, -0.2) is 9.97 Å². The molecule has 3 heterocycles. The number of benzene rings is 1. The zero-order valence-corrected chi connectivity index (χ0v) is 15.2. The summed E-state index contributed by atoms with van der Waals surface area (Å²) >= 11 is 0. The predicted molar refractivity (Wildman–Crippen MR) is 103 cm³/mol. The molecule has 0 saturated heterocycles. The zero-order valence-electron chi connectivity index (χ0n) is 15.2. The van der Waals surface area contributed by atoms with E-state index in [1.807, 2.05) is 41.9 Å². The van der Waals surface area contributed by atoms with Crippen LogP contribution in [0.2, 0.25) is 0 Å². The number of anilines is 1. The van der Waals surface area contributed by atoms with Crippen molar-refractivity contribution in [2.75, 3.05) is 18.9 Å². The summed E-state index contributed by atoms with van der Waals surface area (Å²) in [7, 11) is 1.99. The number of imidazole rings is 1. The van der Waals surface area contributed by atoms with Crippen molar-refractivity contribution in [3.05, 3.63) is 70.3 Å².